The van der Waals surface area contributed by atoms with Crippen molar-refractivity contribution in [2.45, 2.75) is 13.8 Å². The summed E-state index contributed by atoms with van der Waals surface area (Å²) in [5, 5.41) is 25.6. The first-order valence-corrected chi connectivity index (χ1v) is 10.9. The van der Waals surface area contributed by atoms with Gasteiger partial charge in [0.15, 0.2) is 0 Å². The maximum absolute atomic E-state index is 12.9. The van der Waals surface area contributed by atoms with Crippen molar-refractivity contribution in [2.24, 2.45) is 0 Å². The number of carbonyl (C=O) groups excluding carboxylic acids is 1. The molecule has 2 heterocycles. The Labute approximate surface area is 200 Å². The van der Waals surface area contributed by atoms with Crippen LogP contribution in [0.25, 0.3) is 0 Å². The molecule has 1 amide bonds. The minimum absolute atomic E-state index is 0.0873. The Kier molecular flexibility index (Phi) is 6.53. The first kappa shape index (κ1) is 23.5. The number of nitrogens with one attached hydrogen (secondary N) is 1. The van der Waals surface area contributed by atoms with Gasteiger partial charge in [-0.2, -0.15) is 4.98 Å². The van der Waals surface area contributed by atoms with Crippen LogP contribution in [0.3, 0.4) is 0 Å². The number of anilines is 3. The lowest BCUT2D eigenvalue weighted by molar-refractivity contribution is -0.394. The Bertz CT molecular complexity index is 1260. The zero-order chi connectivity index (χ0) is 25.1. The molecule has 35 heavy (non-hydrogen) atoms. The normalized spacial score (nSPS) is 13.4. The topological polar surface area (TPSA) is 148 Å². The predicted octanol–water partition coefficient (Wildman–Crippen LogP) is 3.62. The van der Waals surface area contributed by atoms with Crippen LogP contribution in [0.2, 0.25) is 0 Å². The van der Waals surface area contributed by atoms with Crippen LogP contribution in [-0.2, 0) is 0 Å². The predicted molar refractivity (Wildman–Crippen MR) is 129 cm³/mol. The highest BCUT2D eigenvalue weighted by Gasteiger charge is 2.27. The largest absolute Gasteiger partial charge is 0.340 e. The Hall–Kier alpha value is -4.61. The molecule has 0 bridgehead atoms. The van der Waals surface area contributed by atoms with E-state index < -0.39 is 27.1 Å². The van der Waals surface area contributed by atoms with Gasteiger partial charge in [0.2, 0.25) is 5.95 Å². The Morgan fingerprint density at radius 2 is 1.49 bits per heavy atom. The molecule has 1 fully saturated rings. The van der Waals surface area contributed by atoms with E-state index in [1.807, 2.05) is 49.1 Å². The van der Waals surface area contributed by atoms with Crippen LogP contribution in [0, 0.1) is 34.1 Å². The third-order valence-corrected chi connectivity index (χ3v) is 5.59. The van der Waals surface area contributed by atoms with Crippen molar-refractivity contribution in [2.75, 3.05) is 36.4 Å². The Morgan fingerprint density at radius 3 is 2.06 bits per heavy atom. The van der Waals surface area contributed by atoms with Gasteiger partial charge < -0.3 is 15.1 Å². The summed E-state index contributed by atoms with van der Waals surface area (Å²) in [4.78, 5) is 46.3. The number of carbonyl (C=O) groups is 1. The number of aryl methyl sites for hydroxylation is 2. The highest BCUT2D eigenvalue weighted by Crippen LogP contribution is 2.25. The monoisotopic (exact) mass is 477 g/mol. The van der Waals surface area contributed by atoms with Crippen LogP contribution in [0.15, 0.2) is 48.5 Å². The first-order valence-electron chi connectivity index (χ1n) is 10.9. The number of piperazine rings is 1. The Morgan fingerprint density at radius 1 is 0.886 bits per heavy atom. The number of nitro groups is 2. The molecule has 3 aromatic rings. The van der Waals surface area contributed by atoms with Gasteiger partial charge >= 0.3 is 0 Å². The van der Waals surface area contributed by atoms with E-state index in [0.717, 1.165) is 35.1 Å². The van der Waals surface area contributed by atoms with Crippen molar-refractivity contribution in [3.63, 3.8) is 0 Å². The summed E-state index contributed by atoms with van der Waals surface area (Å²) in [7, 11) is 0. The summed E-state index contributed by atoms with van der Waals surface area (Å²) in [6.07, 6.45) is 0. The first-order chi connectivity index (χ1) is 16.7. The van der Waals surface area contributed by atoms with Crippen LogP contribution in [-0.4, -0.2) is 56.8 Å². The molecule has 0 saturated carbocycles. The summed E-state index contributed by atoms with van der Waals surface area (Å²) in [6.45, 7) is 5.40. The lowest BCUT2D eigenvalue weighted by atomic mass is 10.1. The number of non-ortho nitro benzene ring substituents is 2. The van der Waals surface area contributed by atoms with Gasteiger partial charge in [-0.25, -0.2) is 4.98 Å². The number of rotatable bonds is 6. The van der Waals surface area contributed by atoms with Crippen molar-refractivity contribution < 1.29 is 14.6 Å². The molecule has 180 valence electrons. The minimum Gasteiger partial charge on any atom is -0.340 e. The fourth-order valence-corrected chi connectivity index (χ4v) is 3.76. The second-order valence-corrected chi connectivity index (χ2v) is 8.22. The lowest BCUT2D eigenvalue weighted by Gasteiger charge is -2.35. The van der Waals surface area contributed by atoms with Gasteiger partial charge in [0.05, 0.1) is 21.5 Å². The van der Waals surface area contributed by atoms with E-state index in [1.165, 1.54) is 4.90 Å². The molecule has 0 spiro atoms. The quantitative estimate of drug-likeness (QED) is 0.415. The van der Waals surface area contributed by atoms with Gasteiger partial charge in [-0.05, 0) is 26.0 Å². The molecule has 1 N–H and O–H groups in total. The van der Waals surface area contributed by atoms with E-state index in [1.54, 1.807) is 0 Å². The minimum atomic E-state index is -0.751. The molecule has 0 unspecified atom stereocenters. The van der Waals surface area contributed by atoms with Crippen LogP contribution in [0.5, 0.6) is 0 Å². The molecule has 1 saturated heterocycles. The summed E-state index contributed by atoms with van der Waals surface area (Å²) in [6, 6.07) is 12.8. The van der Waals surface area contributed by atoms with Crippen molar-refractivity contribution >= 4 is 34.7 Å². The summed E-state index contributed by atoms with van der Waals surface area (Å²) in [5.41, 5.74) is 1.76. The van der Waals surface area contributed by atoms with Crippen molar-refractivity contribution in [3.05, 3.63) is 85.6 Å². The molecule has 1 aliphatic heterocycles. The lowest BCUT2D eigenvalue weighted by Crippen LogP contribution is -2.49. The molecular formula is C23H23N7O5. The third kappa shape index (κ3) is 5.49. The average molecular weight is 477 g/mol. The van der Waals surface area contributed by atoms with E-state index in [4.69, 9.17) is 0 Å². The zero-order valence-electron chi connectivity index (χ0n) is 19.2. The molecule has 1 aliphatic rings. The van der Waals surface area contributed by atoms with Crippen LogP contribution < -0.4 is 10.2 Å². The summed E-state index contributed by atoms with van der Waals surface area (Å²) < 4.78 is 0. The highest BCUT2D eigenvalue weighted by molar-refractivity contribution is 5.95. The van der Waals surface area contributed by atoms with E-state index in [9.17, 15) is 25.0 Å². The molecule has 2 aromatic carbocycles. The number of nitro benzene ring substituents is 2. The molecule has 12 nitrogen and oxygen atoms in total. The summed E-state index contributed by atoms with van der Waals surface area (Å²) in [5.74, 6) is 0.680. The third-order valence-electron chi connectivity index (χ3n) is 5.59. The number of hydrogen-bond acceptors (Lipinski definition) is 9. The molecule has 12 heteroatoms. The maximum Gasteiger partial charge on any atom is 0.277 e. The molecule has 0 aliphatic carbocycles. The van der Waals surface area contributed by atoms with Gasteiger partial charge in [0.1, 0.15) is 5.82 Å². The average Bonchev–Trinajstić information content (AvgIpc) is 2.84. The SMILES string of the molecule is Cc1ccc(Nc2cc(C)nc(N3CCN(C(=O)c4cc([N+](=O)[O-])cc([N+](=O)[O-])c4)CC3)n2)cc1. The molecule has 1 aromatic heterocycles. The number of aromatic nitrogens is 2. The van der Waals surface area contributed by atoms with E-state index >= 15 is 0 Å². The fourth-order valence-electron chi connectivity index (χ4n) is 3.76. The molecule has 4 rings (SSSR count). The van der Waals surface area contributed by atoms with Crippen molar-refractivity contribution in [1.29, 1.82) is 0 Å². The van der Waals surface area contributed by atoms with Crippen LogP contribution in [0.4, 0.5) is 28.8 Å². The van der Waals surface area contributed by atoms with Crippen molar-refractivity contribution in [1.82, 2.24) is 14.9 Å². The van der Waals surface area contributed by atoms with Gasteiger partial charge in [-0.15, -0.1) is 0 Å². The van der Waals surface area contributed by atoms with Crippen LogP contribution >= 0.6 is 0 Å². The zero-order valence-corrected chi connectivity index (χ0v) is 19.2. The number of amides is 1. The van der Waals surface area contributed by atoms with Gasteiger partial charge in [-0.1, -0.05) is 17.7 Å². The fraction of sp³-hybridized carbons (Fsp3) is 0.261. The van der Waals surface area contributed by atoms with E-state index in [-0.39, 0.29) is 5.56 Å². The number of benzene rings is 2. The Balaban J connectivity index is 1.46. The number of hydrogen-bond donors (Lipinski definition) is 1. The number of nitrogens with zero attached hydrogens (tertiary/aromatic N) is 6. The van der Waals surface area contributed by atoms with E-state index in [0.29, 0.717) is 37.9 Å². The second kappa shape index (κ2) is 9.71. The van der Waals surface area contributed by atoms with E-state index in [2.05, 4.69) is 15.3 Å². The van der Waals surface area contributed by atoms with Gasteiger partial charge in [0, 0.05) is 55.8 Å². The molecule has 0 atom stereocenters. The highest BCUT2D eigenvalue weighted by atomic mass is 16.6. The maximum atomic E-state index is 12.9. The second-order valence-electron chi connectivity index (χ2n) is 8.22. The smallest absolute Gasteiger partial charge is 0.277 e. The molecule has 0 radical (unpaired) electrons. The standard InChI is InChI=1S/C23H23N7O5/c1-15-3-5-18(6-4-15)25-21-11-16(2)24-23(26-21)28-9-7-27(8-10-28)22(31)17-12-19(29(32)33)14-20(13-17)30(34)35/h3-6,11-14H,7-10H2,1-2H3,(H,24,25,26). The molecular weight excluding hydrogens is 454 g/mol. The van der Waals surface area contributed by atoms with Gasteiger partial charge in [-0.3, -0.25) is 25.0 Å². The summed E-state index contributed by atoms with van der Waals surface area (Å²) >= 11 is 0. The van der Waals surface area contributed by atoms with Crippen molar-refractivity contribution in [3.8, 4) is 0 Å². The van der Waals surface area contributed by atoms with Gasteiger partial charge in [0.25, 0.3) is 17.3 Å². The van der Waals surface area contributed by atoms with Crippen LogP contribution in [0.1, 0.15) is 21.6 Å².